The third-order valence-corrected chi connectivity index (χ3v) is 7.60. The van der Waals surface area contributed by atoms with E-state index in [1.54, 1.807) is 12.1 Å². The summed E-state index contributed by atoms with van der Waals surface area (Å²) in [5.74, 6) is 0.0613. The summed E-state index contributed by atoms with van der Waals surface area (Å²) in [7, 11) is 0. The van der Waals surface area contributed by atoms with Crippen molar-refractivity contribution in [2.75, 3.05) is 13.2 Å². The molecule has 2 N–H and O–H groups in total. The molecule has 6 nitrogen and oxygen atoms in total. The van der Waals surface area contributed by atoms with Crippen molar-refractivity contribution in [3.63, 3.8) is 0 Å². The average molecular weight is 422 g/mol. The molecule has 31 heavy (non-hydrogen) atoms. The van der Waals surface area contributed by atoms with E-state index in [4.69, 9.17) is 0 Å². The number of aliphatic hydroxyl groups is 1. The van der Waals surface area contributed by atoms with Gasteiger partial charge in [0.25, 0.3) is 5.56 Å². The van der Waals surface area contributed by atoms with Gasteiger partial charge in [0.1, 0.15) is 0 Å². The summed E-state index contributed by atoms with van der Waals surface area (Å²) >= 11 is 0. The van der Waals surface area contributed by atoms with Crippen LogP contribution in [-0.4, -0.2) is 39.7 Å². The van der Waals surface area contributed by atoms with Gasteiger partial charge >= 0.3 is 0 Å². The molecule has 6 heteroatoms. The average Bonchev–Trinajstić information content (AvgIpc) is 3.37. The van der Waals surface area contributed by atoms with Crippen molar-refractivity contribution in [2.45, 2.75) is 50.9 Å². The zero-order valence-electron chi connectivity index (χ0n) is 17.8. The largest absolute Gasteiger partial charge is 0.396 e. The maximum atomic E-state index is 13.5. The van der Waals surface area contributed by atoms with Crippen LogP contribution in [-0.2, 0) is 17.9 Å². The first-order chi connectivity index (χ1) is 15.2. The quantitative estimate of drug-likeness (QED) is 0.751. The fourth-order valence-corrected chi connectivity index (χ4v) is 6.12. The Morgan fingerprint density at radius 1 is 1.06 bits per heavy atom. The van der Waals surface area contributed by atoms with Crippen LogP contribution in [0.3, 0.4) is 0 Å². The van der Waals surface area contributed by atoms with Crippen LogP contribution < -0.4 is 10.9 Å². The number of carbonyl (C=O) groups excluding carboxylic acids is 1. The summed E-state index contributed by atoms with van der Waals surface area (Å²) < 4.78 is 1.83. The van der Waals surface area contributed by atoms with E-state index < -0.39 is 0 Å². The number of nitrogens with one attached hydrogen (secondary N) is 1. The Kier molecular flexibility index (Phi) is 5.67. The zero-order chi connectivity index (χ0) is 21.4. The molecule has 1 amide bonds. The predicted octanol–water partition coefficient (Wildman–Crippen LogP) is 2.32. The van der Waals surface area contributed by atoms with Crippen LogP contribution in [0, 0.1) is 17.8 Å². The molecule has 3 heterocycles. The predicted molar refractivity (Wildman–Crippen MR) is 118 cm³/mol. The molecular formula is C25H31N3O3. The van der Waals surface area contributed by atoms with Crippen LogP contribution in [0.4, 0.5) is 0 Å². The van der Waals surface area contributed by atoms with E-state index in [0.29, 0.717) is 19.0 Å². The standard InChI is InChI=1S/C25H31N3O3/c29-16-19-21-15-27-20(11-6-12-22(27)30)24(28(21)14-18-9-4-5-10-18)23(19)25(31)26-13-17-7-2-1-3-8-17/h1-3,6-8,11-12,18-19,21,23-24,29H,4-5,9-10,13-16H2,(H,26,31)/t19-,21-,23+,24+/m0/s1. The molecule has 164 valence electrons. The summed E-state index contributed by atoms with van der Waals surface area (Å²) in [6.45, 7) is 1.91. The van der Waals surface area contributed by atoms with Crippen LogP contribution in [0.25, 0.3) is 0 Å². The first-order valence-electron chi connectivity index (χ1n) is 11.6. The minimum atomic E-state index is -0.365. The van der Waals surface area contributed by atoms with Crippen molar-refractivity contribution in [1.82, 2.24) is 14.8 Å². The molecule has 1 aromatic carbocycles. The summed E-state index contributed by atoms with van der Waals surface area (Å²) in [6.07, 6.45) is 5.00. The Hall–Kier alpha value is -2.44. The normalized spacial score (nSPS) is 27.9. The van der Waals surface area contributed by atoms with Crippen LogP contribution in [0.5, 0.6) is 0 Å². The Labute approximate surface area is 182 Å². The molecule has 2 fully saturated rings. The minimum absolute atomic E-state index is 0.00988. The van der Waals surface area contributed by atoms with E-state index in [-0.39, 0.29) is 42.0 Å². The molecule has 5 rings (SSSR count). The van der Waals surface area contributed by atoms with Gasteiger partial charge in [-0.3, -0.25) is 14.5 Å². The van der Waals surface area contributed by atoms with Gasteiger partial charge < -0.3 is 15.0 Å². The van der Waals surface area contributed by atoms with Gasteiger partial charge in [0.15, 0.2) is 0 Å². The maximum Gasteiger partial charge on any atom is 0.250 e. The van der Waals surface area contributed by atoms with Crippen LogP contribution in [0.1, 0.15) is 43.0 Å². The van der Waals surface area contributed by atoms with Gasteiger partial charge in [-0.15, -0.1) is 0 Å². The third kappa shape index (κ3) is 3.72. The lowest BCUT2D eigenvalue weighted by Gasteiger charge is -2.39. The van der Waals surface area contributed by atoms with Crippen molar-refractivity contribution >= 4 is 5.91 Å². The van der Waals surface area contributed by atoms with Crippen LogP contribution >= 0.6 is 0 Å². The first-order valence-corrected chi connectivity index (χ1v) is 11.6. The molecule has 2 bridgehead atoms. The van der Waals surface area contributed by atoms with E-state index in [9.17, 15) is 14.7 Å². The molecule has 2 aliphatic heterocycles. The number of nitrogens with zero attached hydrogens (tertiary/aromatic N) is 2. The fourth-order valence-electron chi connectivity index (χ4n) is 6.12. The summed E-state index contributed by atoms with van der Waals surface area (Å²) in [6, 6.07) is 15.1. The number of aliphatic hydroxyl groups excluding tert-OH is 1. The molecule has 1 saturated heterocycles. The highest BCUT2D eigenvalue weighted by atomic mass is 16.3. The number of aromatic nitrogens is 1. The maximum absolute atomic E-state index is 13.5. The van der Waals surface area contributed by atoms with E-state index in [1.807, 2.05) is 41.0 Å². The molecule has 1 saturated carbocycles. The highest BCUT2D eigenvalue weighted by Gasteiger charge is 2.55. The van der Waals surface area contributed by atoms with Crippen molar-refractivity contribution in [3.05, 3.63) is 70.1 Å². The Balaban J connectivity index is 1.47. The number of hydrogen-bond donors (Lipinski definition) is 2. The summed E-state index contributed by atoms with van der Waals surface area (Å²) in [5, 5.41) is 13.5. The lowest BCUT2D eigenvalue weighted by molar-refractivity contribution is -0.127. The Bertz CT molecular complexity index is 983. The molecule has 0 radical (unpaired) electrons. The van der Waals surface area contributed by atoms with E-state index in [2.05, 4.69) is 10.2 Å². The molecule has 0 spiro atoms. The van der Waals surface area contributed by atoms with Gasteiger partial charge in [0.05, 0.1) is 12.0 Å². The molecule has 0 unspecified atom stereocenters. The number of amides is 1. The number of benzene rings is 1. The second kappa shape index (κ2) is 8.60. The highest BCUT2D eigenvalue weighted by molar-refractivity contribution is 5.80. The molecule has 1 aliphatic carbocycles. The number of pyridine rings is 1. The van der Waals surface area contributed by atoms with Gasteiger partial charge in [-0.1, -0.05) is 49.2 Å². The van der Waals surface area contributed by atoms with E-state index >= 15 is 0 Å². The Morgan fingerprint density at radius 2 is 1.84 bits per heavy atom. The fraction of sp³-hybridized carbons (Fsp3) is 0.520. The van der Waals surface area contributed by atoms with Gasteiger partial charge in [-0.25, -0.2) is 0 Å². The SMILES string of the molecule is O=C(NCc1ccccc1)[C@@H]1[C@@H](CO)[C@@H]2Cn3c(cccc3=O)[C@H]1N2CC1CCCC1. The highest BCUT2D eigenvalue weighted by Crippen LogP contribution is 2.49. The number of fused-ring (bicyclic) bond motifs is 4. The number of carbonyl (C=O) groups is 1. The number of rotatable bonds is 6. The molecular weight excluding hydrogens is 390 g/mol. The van der Waals surface area contributed by atoms with Crippen LogP contribution in [0.15, 0.2) is 53.3 Å². The third-order valence-electron chi connectivity index (χ3n) is 7.60. The van der Waals surface area contributed by atoms with E-state index in [0.717, 1.165) is 17.8 Å². The zero-order valence-corrected chi connectivity index (χ0v) is 17.8. The lowest BCUT2D eigenvalue weighted by atomic mass is 9.86. The van der Waals surface area contributed by atoms with Crippen molar-refractivity contribution in [1.29, 1.82) is 0 Å². The second-order valence-corrected chi connectivity index (χ2v) is 9.33. The van der Waals surface area contributed by atoms with Crippen molar-refractivity contribution < 1.29 is 9.90 Å². The monoisotopic (exact) mass is 421 g/mol. The lowest BCUT2D eigenvalue weighted by Crippen LogP contribution is -2.47. The topological polar surface area (TPSA) is 74.6 Å². The minimum Gasteiger partial charge on any atom is -0.396 e. The Morgan fingerprint density at radius 3 is 2.58 bits per heavy atom. The van der Waals surface area contributed by atoms with Gasteiger partial charge in [0.2, 0.25) is 5.91 Å². The van der Waals surface area contributed by atoms with Crippen molar-refractivity contribution in [2.24, 2.45) is 17.8 Å². The van der Waals surface area contributed by atoms with E-state index in [1.165, 1.54) is 25.7 Å². The molecule has 1 aromatic heterocycles. The van der Waals surface area contributed by atoms with Gasteiger partial charge in [0, 0.05) is 50.0 Å². The summed E-state index contributed by atoms with van der Waals surface area (Å²) in [4.78, 5) is 28.5. The summed E-state index contributed by atoms with van der Waals surface area (Å²) in [5.41, 5.74) is 1.95. The van der Waals surface area contributed by atoms with Gasteiger partial charge in [-0.05, 0) is 30.4 Å². The smallest absolute Gasteiger partial charge is 0.250 e. The molecule has 2 aromatic rings. The molecule has 4 atom stereocenters. The first kappa shape index (κ1) is 20.5. The van der Waals surface area contributed by atoms with Gasteiger partial charge in [-0.2, -0.15) is 0 Å². The van der Waals surface area contributed by atoms with Crippen molar-refractivity contribution in [3.8, 4) is 0 Å². The second-order valence-electron chi connectivity index (χ2n) is 9.33. The number of hydrogen-bond acceptors (Lipinski definition) is 4. The molecule has 3 aliphatic rings. The van der Waals surface area contributed by atoms with Crippen LogP contribution in [0.2, 0.25) is 0 Å².